The van der Waals surface area contributed by atoms with Crippen LogP contribution in [0.4, 0.5) is 9.59 Å². The molecule has 53 heavy (non-hydrogen) atoms. The molecule has 2 saturated heterocycles. The van der Waals surface area contributed by atoms with Gasteiger partial charge in [-0.05, 0) is 97.1 Å². The van der Waals surface area contributed by atoms with E-state index in [-0.39, 0.29) is 58.5 Å². The lowest BCUT2D eigenvalue weighted by atomic mass is 10.1. The number of carbonyl (C=O) groups is 6. The van der Waals surface area contributed by atoms with Gasteiger partial charge in [0.15, 0.2) is 12.2 Å². The van der Waals surface area contributed by atoms with Crippen LogP contribution in [0, 0.1) is 0 Å². The van der Waals surface area contributed by atoms with Crippen LogP contribution in [0.3, 0.4) is 0 Å². The first-order valence-electron chi connectivity index (χ1n) is 15.7. The molecule has 0 aromatic heterocycles. The van der Waals surface area contributed by atoms with Gasteiger partial charge in [0.05, 0.1) is 42.6 Å². The van der Waals surface area contributed by atoms with Crippen molar-refractivity contribution in [2.24, 2.45) is 0 Å². The first kappa shape index (κ1) is 36.0. The van der Waals surface area contributed by atoms with E-state index in [0.29, 0.717) is 0 Å². The number of methoxy groups -OCH3 is 1. The number of hydrogen-bond donors (Lipinski definition) is 1. The zero-order valence-electron chi connectivity index (χ0n) is 27.5. The summed E-state index contributed by atoms with van der Waals surface area (Å²) in [5.41, 5.74) is 0.684. The molecular weight excluding hydrogens is 700 g/mol. The Labute approximate surface area is 299 Å². The molecule has 0 saturated carbocycles. The first-order chi connectivity index (χ1) is 25.6. The molecule has 0 amide bonds. The molecule has 272 valence electrons. The Morgan fingerprint density at radius 3 is 1.15 bits per heavy atom. The van der Waals surface area contributed by atoms with Gasteiger partial charge in [-0.25, -0.2) is 28.8 Å². The van der Waals surface area contributed by atoms with Crippen molar-refractivity contribution >= 4 is 36.2 Å². The number of benzene rings is 4. The van der Waals surface area contributed by atoms with E-state index >= 15 is 0 Å². The highest BCUT2D eigenvalue weighted by Crippen LogP contribution is 2.32. The van der Waals surface area contributed by atoms with Crippen LogP contribution < -0.4 is 18.9 Å². The number of carboxylic acid groups (broad SMARTS) is 1. The molecule has 4 atom stereocenters. The molecule has 2 heterocycles. The minimum Gasteiger partial charge on any atom is -0.453 e. The van der Waals surface area contributed by atoms with Gasteiger partial charge in [0.1, 0.15) is 35.2 Å². The van der Waals surface area contributed by atoms with Crippen LogP contribution in [0.2, 0.25) is 0 Å². The predicted molar refractivity (Wildman–Crippen MR) is 175 cm³/mol. The summed E-state index contributed by atoms with van der Waals surface area (Å²) in [6.45, 7) is 0.00582. The molecule has 6 rings (SSSR count). The second kappa shape index (κ2) is 16.1. The average Bonchev–Trinajstić information content (AvgIpc) is 3.75. The lowest BCUT2D eigenvalue weighted by Gasteiger charge is -2.17. The molecule has 0 radical (unpaired) electrons. The number of esters is 4. The normalized spacial score (nSPS) is 18.5. The Kier molecular flexibility index (Phi) is 10.9. The fourth-order valence-corrected chi connectivity index (χ4v) is 5.25. The van der Waals surface area contributed by atoms with Gasteiger partial charge < -0.3 is 47.7 Å². The van der Waals surface area contributed by atoms with Crippen molar-refractivity contribution in [1.82, 2.24) is 0 Å². The van der Waals surface area contributed by atoms with Crippen LogP contribution in [-0.2, 0) is 23.7 Å². The van der Waals surface area contributed by atoms with Crippen LogP contribution in [0.5, 0.6) is 23.0 Å². The van der Waals surface area contributed by atoms with Crippen LogP contribution in [0.15, 0.2) is 97.1 Å². The van der Waals surface area contributed by atoms with E-state index in [1.807, 2.05) is 0 Å². The third kappa shape index (κ3) is 8.94. The molecule has 0 spiro atoms. The highest BCUT2D eigenvalue weighted by Gasteiger charge is 2.51. The molecule has 16 nitrogen and oxygen atoms in total. The smallest absolute Gasteiger partial charge is 0.453 e. The van der Waals surface area contributed by atoms with Crippen LogP contribution >= 0.6 is 0 Å². The summed E-state index contributed by atoms with van der Waals surface area (Å²) in [7, 11) is 1.17. The minimum absolute atomic E-state index is 0.00219. The standard InChI is InChI=1S/C37H28O16/c1-45-37(44)51-27-16-8-21(9-17-27)33(39)49-25-12-4-23(5-13-25)35(41)53-29-19-47-30-28(18-46-31(29)30)52-34(40)22-2-10-24(11-3-22)48-32(38)20-6-14-26(15-7-20)50-36(42)43/h2-17,28-31H,18-19H2,1H3,(H,42,43). The second-order valence-electron chi connectivity index (χ2n) is 11.3. The molecule has 0 bridgehead atoms. The number of fused-ring (bicyclic) bond motifs is 1. The molecule has 2 fully saturated rings. The molecule has 0 aliphatic carbocycles. The van der Waals surface area contributed by atoms with Gasteiger partial charge in [-0.2, -0.15) is 0 Å². The van der Waals surface area contributed by atoms with E-state index in [0.717, 1.165) is 0 Å². The molecule has 2 aliphatic rings. The van der Waals surface area contributed by atoms with E-state index in [2.05, 4.69) is 9.47 Å². The lowest BCUT2D eigenvalue weighted by Crippen LogP contribution is -2.36. The number of rotatable bonds is 10. The molecule has 1 N–H and O–H groups in total. The molecule has 4 unspecified atom stereocenters. The van der Waals surface area contributed by atoms with Gasteiger partial charge in [-0.1, -0.05) is 0 Å². The van der Waals surface area contributed by atoms with E-state index < -0.39 is 60.6 Å². The average molecular weight is 729 g/mol. The van der Waals surface area contributed by atoms with Crippen LogP contribution in [0.25, 0.3) is 0 Å². The Hall–Kier alpha value is -6.78. The summed E-state index contributed by atoms with van der Waals surface area (Å²) in [5, 5.41) is 8.67. The second-order valence-corrected chi connectivity index (χ2v) is 11.3. The van der Waals surface area contributed by atoms with Gasteiger partial charge in [0.2, 0.25) is 0 Å². The SMILES string of the molecule is COC(=O)Oc1ccc(C(=O)Oc2ccc(C(=O)OC3COC4C(OC(=O)c5ccc(OC(=O)c6ccc(OC(=O)O)cc6)cc5)COC34)cc2)cc1. The number of carbonyl (C=O) groups excluding carboxylic acids is 5. The number of ether oxygens (including phenoxy) is 9. The van der Waals surface area contributed by atoms with E-state index in [4.69, 9.17) is 38.3 Å². The van der Waals surface area contributed by atoms with Crippen molar-refractivity contribution in [3.8, 4) is 23.0 Å². The first-order valence-corrected chi connectivity index (χ1v) is 15.7. The van der Waals surface area contributed by atoms with Crippen molar-refractivity contribution in [3.05, 3.63) is 119 Å². The summed E-state index contributed by atoms with van der Waals surface area (Å²) in [6.07, 6.45) is -5.33. The van der Waals surface area contributed by atoms with Gasteiger partial charge >= 0.3 is 36.2 Å². The largest absolute Gasteiger partial charge is 0.513 e. The highest BCUT2D eigenvalue weighted by molar-refractivity contribution is 5.93. The van der Waals surface area contributed by atoms with E-state index in [1.54, 1.807) is 0 Å². The topological polar surface area (TPSA) is 206 Å². The summed E-state index contributed by atoms with van der Waals surface area (Å²) >= 11 is 0. The summed E-state index contributed by atoms with van der Waals surface area (Å²) in [5.74, 6) is -2.20. The van der Waals surface area contributed by atoms with Gasteiger partial charge in [-0.15, -0.1) is 0 Å². The Bertz CT molecular complexity index is 1990. The third-order valence-electron chi connectivity index (χ3n) is 7.83. The lowest BCUT2D eigenvalue weighted by molar-refractivity contribution is -0.0287. The maximum atomic E-state index is 12.9. The summed E-state index contributed by atoms with van der Waals surface area (Å²) in [6, 6.07) is 22.3. The maximum Gasteiger partial charge on any atom is 0.513 e. The Morgan fingerprint density at radius 2 is 0.811 bits per heavy atom. The molecule has 16 heteroatoms. The van der Waals surface area contributed by atoms with Crippen molar-refractivity contribution in [2.45, 2.75) is 24.4 Å². The Balaban J connectivity index is 0.959. The van der Waals surface area contributed by atoms with Crippen LogP contribution in [-0.4, -0.2) is 86.0 Å². The minimum atomic E-state index is -1.48. The zero-order valence-corrected chi connectivity index (χ0v) is 27.5. The van der Waals surface area contributed by atoms with Crippen molar-refractivity contribution in [3.63, 3.8) is 0 Å². The van der Waals surface area contributed by atoms with Gasteiger partial charge in [0, 0.05) is 0 Å². The number of hydrogen-bond acceptors (Lipinski definition) is 15. The predicted octanol–water partition coefficient (Wildman–Crippen LogP) is 4.88. The van der Waals surface area contributed by atoms with Gasteiger partial charge in [0.25, 0.3) is 0 Å². The molecule has 2 aliphatic heterocycles. The third-order valence-corrected chi connectivity index (χ3v) is 7.83. The van der Waals surface area contributed by atoms with Crippen LogP contribution in [0.1, 0.15) is 41.4 Å². The zero-order chi connectivity index (χ0) is 37.5. The highest BCUT2D eigenvalue weighted by atomic mass is 16.7. The summed E-state index contributed by atoms with van der Waals surface area (Å²) < 4.78 is 47.3. The fraction of sp³-hybridized carbons (Fsp3) is 0.189. The Morgan fingerprint density at radius 1 is 0.491 bits per heavy atom. The monoisotopic (exact) mass is 728 g/mol. The maximum absolute atomic E-state index is 12.9. The fourth-order valence-electron chi connectivity index (χ4n) is 5.25. The quantitative estimate of drug-likeness (QED) is 0.1000. The van der Waals surface area contributed by atoms with E-state index in [1.165, 1.54) is 104 Å². The molecular formula is C37H28O16. The van der Waals surface area contributed by atoms with E-state index in [9.17, 15) is 28.8 Å². The van der Waals surface area contributed by atoms with Crippen molar-refractivity contribution in [1.29, 1.82) is 0 Å². The van der Waals surface area contributed by atoms with Crippen molar-refractivity contribution in [2.75, 3.05) is 20.3 Å². The van der Waals surface area contributed by atoms with Crippen molar-refractivity contribution < 1.29 is 76.5 Å². The summed E-state index contributed by atoms with van der Waals surface area (Å²) in [4.78, 5) is 72.6. The molecule has 4 aromatic rings. The molecule has 4 aromatic carbocycles. The van der Waals surface area contributed by atoms with Gasteiger partial charge in [-0.3, -0.25) is 0 Å².